The van der Waals surface area contributed by atoms with Gasteiger partial charge in [0.15, 0.2) is 0 Å². The minimum Gasteiger partial charge on any atom is -0.495 e. The van der Waals surface area contributed by atoms with Crippen LogP contribution < -0.4 is 20.3 Å². The number of ether oxygens (including phenoxy) is 1. The maximum Gasteiger partial charge on any atom is 0.322 e. The number of methoxy groups -OCH3 is 1. The van der Waals surface area contributed by atoms with E-state index in [-0.39, 0.29) is 11.1 Å². The molecule has 0 unspecified atom stereocenters. The van der Waals surface area contributed by atoms with E-state index in [0.717, 1.165) is 0 Å². The highest BCUT2D eigenvalue weighted by molar-refractivity contribution is 6.31. The lowest BCUT2D eigenvalue weighted by molar-refractivity contribution is 0.102. The molecule has 0 aromatic heterocycles. The van der Waals surface area contributed by atoms with Crippen molar-refractivity contribution in [1.82, 2.24) is 5.32 Å². The third-order valence-electron chi connectivity index (χ3n) is 3.77. The fourth-order valence-corrected chi connectivity index (χ4v) is 2.70. The van der Waals surface area contributed by atoms with Crippen molar-refractivity contribution in [3.8, 4) is 5.75 Å². The number of carbonyl (C=O) groups excluding carboxylic acids is 2. The molecular weight excluding hydrogens is 349 g/mol. The molecule has 1 aliphatic rings. The van der Waals surface area contributed by atoms with Gasteiger partial charge in [-0.3, -0.25) is 9.69 Å². The van der Waals surface area contributed by atoms with E-state index in [4.69, 9.17) is 16.3 Å². The number of rotatable bonds is 4. The molecule has 2 aromatic rings. The molecule has 1 fully saturated rings. The summed E-state index contributed by atoms with van der Waals surface area (Å²) in [5, 5.41) is 5.26. The Morgan fingerprint density at radius 3 is 2.76 bits per heavy atom. The molecule has 1 heterocycles. The molecule has 1 saturated heterocycles. The Morgan fingerprint density at radius 1 is 1.32 bits per heavy atom. The fourth-order valence-electron chi connectivity index (χ4n) is 2.52. The largest absolute Gasteiger partial charge is 0.495 e. The van der Waals surface area contributed by atoms with Crippen molar-refractivity contribution in [3.05, 3.63) is 52.8 Å². The first-order chi connectivity index (χ1) is 12.0. The topological polar surface area (TPSA) is 70.7 Å². The van der Waals surface area contributed by atoms with Gasteiger partial charge < -0.3 is 15.4 Å². The third kappa shape index (κ3) is 3.51. The smallest absolute Gasteiger partial charge is 0.322 e. The van der Waals surface area contributed by atoms with Crippen LogP contribution in [-0.2, 0) is 0 Å². The van der Waals surface area contributed by atoms with Crippen molar-refractivity contribution in [2.24, 2.45) is 0 Å². The van der Waals surface area contributed by atoms with Crippen LogP contribution in [0.15, 0.2) is 36.4 Å². The Bertz CT molecular complexity index is 844. The van der Waals surface area contributed by atoms with E-state index in [1.807, 2.05) is 0 Å². The average Bonchev–Trinajstić information content (AvgIpc) is 3.03. The quantitative estimate of drug-likeness (QED) is 0.875. The Hall–Kier alpha value is -2.80. The van der Waals surface area contributed by atoms with Crippen LogP contribution in [0.25, 0.3) is 0 Å². The monoisotopic (exact) mass is 363 g/mol. The molecule has 25 heavy (non-hydrogen) atoms. The summed E-state index contributed by atoms with van der Waals surface area (Å²) >= 11 is 5.72. The van der Waals surface area contributed by atoms with Crippen LogP contribution in [0.3, 0.4) is 0 Å². The highest BCUT2D eigenvalue weighted by Gasteiger charge is 2.25. The molecule has 1 aliphatic heterocycles. The van der Waals surface area contributed by atoms with Gasteiger partial charge >= 0.3 is 6.03 Å². The summed E-state index contributed by atoms with van der Waals surface area (Å²) in [6.45, 7) is 1.00. The van der Waals surface area contributed by atoms with Gasteiger partial charge in [-0.25, -0.2) is 9.18 Å². The number of nitrogens with one attached hydrogen (secondary N) is 2. The van der Waals surface area contributed by atoms with Crippen molar-refractivity contribution in [2.45, 2.75) is 0 Å². The standard InChI is InChI=1S/C17H15ClFN3O3/c1-25-15-5-2-10(8-14(15)22-7-6-20-17(22)24)16(23)21-11-3-4-13(19)12(18)9-11/h2-5,8-9H,6-7H2,1H3,(H,20,24)(H,21,23). The van der Waals surface area contributed by atoms with E-state index in [0.29, 0.717) is 35.8 Å². The molecule has 0 aliphatic carbocycles. The van der Waals surface area contributed by atoms with Gasteiger partial charge in [-0.2, -0.15) is 0 Å². The Labute approximate surface area is 148 Å². The summed E-state index contributed by atoms with van der Waals surface area (Å²) in [4.78, 5) is 25.8. The van der Waals surface area contributed by atoms with Crippen molar-refractivity contribution < 1.29 is 18.7 Å². The zero-order valence-corrected chi connectivity index (χ0v) is 14.1. The van der Waals surface area contributed by atoms with Crippen LogP contribution >= 0.6 is 11.6 Å². The second-order valence-corrected chi connectivity index (χ2v) is 5.76. The van der Waals surface area contributed by atoms with Gasteiger partial charge in [0, 0.05) is 24.3 Å². The van der Waals surface area contributed by atoms with Crippen molar-refractivity contribution in [1.29, 1.82) is 0 Å². The van der Waals surface area contributed by atoms with Crippen LogP contribution in [0.4, 0.5) is 20.6 Å². The summed E-state index contributed by atoms with van der Waals surface area (Å²) in [6.07, 6.45) is 0. The molecule has 0 spiro atoms. The molecule has 6 nitrogen and oxygen atoms in total. The Balaban J connectivity index is 1.87. The lowest BCUT2D eigenvalue weighted by Gasteiger charge is -2.18. The summed E-state index contributed by atoms with van der Waals surface area (Å²) < 4.78 is 18.5. The molecule has 0 radical (unpaired) electrons. The normalized spacial score (nSPS) is 13.6. The van der Waals surface area contributed by atoms with Crippen molar-refractivity contribution >= 4 is 34.9 Å². The van der Waals surface area contributed by atoms with Gasteiger partial charge in [0.1, 0.15) is 11.6 Å². The molecule has 3 rings (SSSR count). The highest BCUT2D eigenvalue weighted by atomic mass is 35.5. The first kappa shape index (κ1) is 17.0. The van der Waals surface area contributed by atoms with Crippen LogP contribution in [0.1, 0.15) is 10.4 Å². The van der Waals surface area contributed by atoms with E-state index in [9.17, 15) is 14.0 Å². The van der Waals surface area contributed by atoms with Gasteiger partial charge in [-0.1, -0.05) is 11.6 Å². The molecule has 130 valence electrons. The molecule has 2 N–H and O–H groups in total. The number of amides is 3. The number of carbonyl (C=O) groups is 2. The number of urea groups is 1. The SMILES string of the molecule is COc1ccc(C(=O)Nc2ccc(F)c(Cl)c2)cc1N1CCNC1=O. The molecule has 3 amide bonds. The molecule has 8 heteroatoms. The minimum absolute atomic E-state index is 0.0815. The number of anilines is 2. The van der Waals surface area contributed by atoms with Crippen LogP contribution in [-0.4, -0.2) is 32.1 Å². The van der Waals surface area contributed by atoms with Crippen molar-refractivity contribution in [2.75, 3.05) is 30.4 Å². The van der Waals surface area contributed by atoms with E-state index in [1.165, 1.54) is 30.2 Å². The number of halogens is 2. The van der Waals surface area contributed by atoms with Gasteiger partial charge in [-0.05, 0) is 36.4 Å². The van der Waals surface area contributed by atoms with E-state index < -0.39 is 11.7 Å². The zero-order valence-electron chi connectivity index (χ0n) is 13.3. The molecule has 0 saturated carbocycles. The van der Waals surface area contributed by atoms with E-state index >= 15 is 0 Å². The van der Waals surface area contributed by atoms with Crippen molar-refractivity contribution in [3.63, 3.8) is 0 Å². The molecule has 2 aromatic carbocycles. The highest BCUT2D eigenvalue weighted by Crippen LogP contribution is 2.31. The summed E-state index contributed by atoms with van der Waals surface area (Å²) in [5.41, 5.74) is 1.20. The van der Waals surface area contributed by atoms with Crippen LogP contribution in [0.5, 0.6) is 5.75 Å². The van der Waals surface area contributed by atoms with Gasteiger partial charge in [0.2, 0.25) is 0 Å². The predicted molar refractivity (Wildman–Crippen MR) is 93.1 cm³/mol. The maximum absolute atomic E-state index is 13.2. The number of nitrogens with zero attached hydrogens (tertiary/aromatic N) is 1. The van der Waals surface area contributed by atoms with Gasteiger partial charge in [-0.15, -0.1) is 0 Å². The van der Waals surface area contributed by atoms with E-state index in [1.54, 1.807) is 18.2 Å². The van der Waals surface area contributed by atoms with Gasteiger partial charge in [0.25, 0.3) is 5.91 Å². The summed E-state index contributed by atoms with van der Waals surface area (Å²) in [7, 11) is 1.49. The average molecular weight is 364 g/mol. The molecular formula is C17H15ClFN3O3. The Morgan fingerprint density at radius 2 is 2.12 bits per heavy atom. The zero-order chi connectivity index (χ0) is 18.0. The van der Waals surface area contributed by atoms with Crippen LogP contribution in [0, 0.1) is 5.82 Å². The predicted octanol–water partition coefficient (Wildman–Crippen LogP) is 3.27. The second-order valence-electron chi connectivity index (χ2n) is 5.35. The third-order valence-corrected chi connectivity index (χ3v) is 4.06. The Kier molecular flexibility index (Phi) is 4.76. The van der Waals surface area contributed by atoms with Gasteiger partial charge in [0.05, 0.1) is 17.8 Å². The summed E-state index contributed by atoms with van der Waals surface area (Å²) in [5.74, 6) is -0.490. The fraction of sp³-hybridized carbons (Fsp3) is 0.176. The minimum atomic E-state index is -0.563. The first-order valence-electron chi connectivity index (χ1n) is 7.49. The lowest BCUT2D eigenvalue weighted by Crippen LogP contribution is -2.28. The first-order valence-corrected chi connectivity index (χ1v) is 7.87. The molecule has 0 bridgehead atoms. The van der Waals surface area contributed by atoms with E-state index in [2.05, 4.69) is 10.6 Å². The maximum atomic E-state index is 13.2. The number of hydrogen-bond acceptors (Lipinski definition) is 3. The number of hydrogen-bond donors (Lipinski definition) is 2. The number of benzene rings is 2. The summed E-state index contributed by atoms with van der Waals surface area (Å²) in [6, 6.07) is 8.44. The van der Waals surface area contributed by atoms with Crippen LogP contribution in [0.2, 0.25) is 5.02 Å². The molecule has 0 atom stereocenters. The lowest BCUT2D eigenvalue weighted by atomic mass is 10.1. The second kappa shape index (κ2) is 6.98.